The van der Waals surface area contributed by atoms with Gasteiger partial charge in [-0.25, -0.2) is 4.79 Å². The molecule has 0 saturated carbocycles. The molecule has 0 aliphatic heterocycles. The number of nitrogens with zero attached hydrogens (tertiary/aromatic N) is 1. The normalized spacial score (nSPS) is 11.7. The molecule has 0 radical (unpaired) electrons. The number of carbonyl (C=O) groups excluding carboxylic acids is 2. The lowest BCUT2D eigenvalue weighted by atomic mass is 10.3. The molecule has 1 unspecified atom stereocenters. The lowest BCUT2D eigenvalue weighted by Crippen LogP contribution is -2.45. The van der Waals surface area contributed by atoms with E-state index in [1.165, 1.54) is 20.0 Å². The van der Waals surface area contributed by atoms with Crippen molar-refractivity contribution in [1.82, 2.24) is 10.2 Å². The van der Waals surface area contributed by atoms with Crippen molar-refractivity contribution in [3.05, 3.63) is 22.6 Å². The maximum absolute atomic E-state index is 11.6. The van der Waals surface area contributed by atoms with E-state index in [0.717, 1.165) is 4.90 Å². The first kappa shape index (κ1) is 15.2. The fourth-order valence-corrected chi connectivity index (χ4v) is 1.49. The summed E-state index contributed by atoms with van der Waals surface area (Å²) >= 11 is 3.05. The first-order valence-electron chi connectivity index (χ1n) is 5.35. The summed E-state index contributed by atoms with van der Waals surface area (Å²) in [6.07, 6.45) is 0. The average molecular weight is 333 g/mol. The number of hydrogen-bond acceptors (Lipinski definition) is 4. The summed E-state index contributed by atoms with van der Waals surface area (Å²) in [6.45, 7) is 1.08. The number of aliphatic carboxylic acids is 1. The fraction of sp³-hybridized carbons (Fsp3) is 0.364. The van der Waals surface area contributed by atoms with Gasteiger partial charge in [0.05, 0.1) is 6.54 Å². The minimum Gasteiger partial charge on any atom is -0.480 e. The van der Waals surface area contributed by atoms with Crippen LogP contribution in [0.5, 0.6) is 0 Å². The highest BCUT2D eigenvalue weighted by atomic mass is 79.9. The number of nitrogens with one attached hydrogen (secondary N) is 1. The molecule has 2 amide bonds. The highest BCUT2D eigenvalue weighted by Gasteiger charge is 2.22. The van der Waals surface area contributed by atoms with Crippen molar-refractivity contribution in [3.8, 4) is 0 Å². The maximum Gasteiger partial charge on any atom is 0.326 e. The molecule has 1 atom stereocenters. The fourth-order valence-electron chi connectivity index (χ4n) is 1.19. The van der Waals surface area contributed by atoms with Gasteiger partial charge in [0.1, 0.15) is 6.04 Å². The van der Waals surface area contributed by atoms with Crippen LogP contribution in [0.25, 0.3) is 0 Å². The summed E-state index contributed by atoms with van der Waals surface area (Å²) in [7, 11) is 1.36. The summed E-state index contributed by atoms with van der Waals surface area (Å²) in [5.41, 5.74) is 0. The van der Waals surface area contributed by atoms with Crippen molar-refractivity contribution in [1.29, 1.82) is 0 Å². The van der Waals surface area contributed by atoms with E-state index in [4.69, 9.17) is 9.52 Å². The molecular weight excluding hydrogens is 320 g/mol. The van der Waals surface area contributed by atoms with E-state index in [9.17, 15) is 14.4 Å². The van der Waals surface area contributed by atoms with Crippen LogP contribution in [0, 0.1) is 0 Å². The molecular formula is C11H13BrN2O5. The molecule has 0 aliphatic carbocycles. The van der Waals surface area contributed by atoms with Crippen LogP contribution in [0.4, 0.5) is 0 Å². The molecule has 0 fully saturated rings. The topological polar surface area (TPSA) is 99.9 Å². The van der Waals surface area contributed by atoms with Crippen LogP contribution in [0.3, 0.4) is 0 Å². The zero-order valence-corrected chi connectivity index (χ0v) is 11.9. The molecule has 0 spiro atoms. The first-order valence-corrected chi connectivity index (χ1v) is 6.14. The third-order valence-electron chi connectivity index (χ3n) is 2.53. The van der Waals surface area contributed by atoms with Gasteiger partial charge in [-0.1, -0.05) is 0 Å². The van der Waals surface area contributed by atoms with Gasteiger partial charge in [0.15, 0.2) is 10.4 Å². The number of carbonyl (C=O) groups is 3. The SMILES string of the molecule is CC(C(=O)O)N(C)C(=O)CNC(=O)c1ccc(Br)o1. The van der Waals surface area contributed by atoms with Crippen molar-refractivity contribution >= 4 is 33.7 Å². The van der Waals surface area contributed by atoms with Gasteiger partial charge in [-0.2, -0.15) is 0 Å². The van der Waals surface area contributed by atoms with E-state index in [1.807, 2.05) is 0 Å². The largest absolute Gasteiger partial charge is 0.480 e. The summed E-state index contributed by atoms with van der Waals surface area (Å²) in [4.78, 5) is 35.0. The second-order valence-corrected chi connectivity index (χ2v) is 4.59. The minimum atomic E-state index is -1.11. The lowest BCUT2D eigenvalue weighted by Gasteiger charge is -2.21. The van der Waals surface area contributed by atoms with Gasteiger partial charge in [0, 0.05) is 7.05 Å². The standard InChI is InChI=1S/C11H13BrN2O5/c1-6(11(17)18)14(2)9(15)5-13-10(16)7-3-4-8(12)19-7/h3-4,6H,5H2,1-2H3,(H,13,16)(H,17,18). The van der Waals surface area contributed by atoms with Gasteiger partial charge in [-0.3, -0.25) is 9.59 Å². The van der Waals surface area contributed by atoms with Crippen LogP contribution in [-0.4, -0.2) is 47.4 Å². The Balaban J connectivity index is 2.50. The summed E-state index contributed by atoms with van der Waals surface area (Å²) in [5.74, 6) is -2.10. The zero-order valence-electron chi connectivity index (χ0n) is 10.3. The molecule has 1 aromatic rings. The molecule has 2 N–H and O–H groups in total. The van der Waals surface area contributed by atoms with Crippen molar-refractivity contribution in [3.63, 3.8) is 0 Å². The van der Waals surface area contributed by atoms with Gasteiger partial charge >= 0.3 is 5.97 Å². The van der Waals surface area contributed by atoms with E-state index in [1.54, 1.807) is 6.07 Å². The van der Waals surface area contributed by atoms with Crippen LogP contribution < -0.4 is 5.32 Å². The molecule has 0 aliphatic rings. The molecule has 0 saturated heterocycles. The molecule has 19 heavy (non-hydrogen) atoms. The summed E-state index contributed by atoms with van der Waals surface area (Å²) in [5, 5.41) is 11.1. The van der Waals surface area contributed by atoms with E-state index in [0.29, 0.717) is 4.67 Å². The highest BCUT2D eigenvalue weighted by molar-refractivity contribution is 9.10. The molecule has 104 valence electrons. The number of likely N-dealkylation sites (N-methyl/N-ethyl adjacent to an activating group) is 1. The molecule has 0 bridgehead atoms. The number of rotatable bonds is 5. The number of furan rings is 1. The lowest BCUT2D eigenvalue weighted by molar-refractivity contribution is -0.147. The van der Waals surface area contributed by atoms with Gasteiger partial charge in [-0.05, 0) is 35.0 Å². The zero-order chi connectivity index (χ0) is 14.6. The first-order chi connectivity index (χ1) is 8.82. The van der Waals surface area contributed by atoms with Crippen molar-refractivity contribution in [2.45, 2.75) is 13.0 Å². The number of carboxylic acids is 1. The molecule has 0 aromatic carbocycles. The molecule has 7 nitrogen and oxygen atoms in total. The van der Waals surface area contributed by atoms with E-state index in [2.05, 4.69) is 21.2 Å². The van der Waals surface area contributed by atoms with Crippen molar-refractivity contribution < 1.29 is 23.9 Å². The van der Waals surface area contributed by atoms with Gasteiger partial charge in [0.25, 0.3) is 5.91 Å². The van der Waals surface area contributed by atoms with Crippen LogP contribution in [-0.2, 0) is 9.59 Å². The van der Waals surface area contributed by atoms with Crippen LogP contribution in [0.1, 0.15) is 17.5 Å². The van der Waals surface area contributed by atoms with E-state index in [-0.39, 0.29) is 12.3 Å². The highest BCUT2D eigenvalue weighted by Crippen LogP contribution is 2.13. The Labute approximate surface area is 117 Å². The van der Waals surface area contributed by atoms with Crippen LogP contribution in [0.15, 0.2) is 21.2 Å². The van der Waals surface area contributed by atoms with E-state index < -0.39 is 23.8 Å². The maximum atomic E-state index is 11.6. The van der Waals surface area contributed by atoms with Crippen LogP contribution >= 0.6 is 15.9 Å². The van der Waals surface area contributed by atoms with E-state index >= 15 is 0 Å². The minimum absolute atomic E-state index is 0.0635. The third-order valence-corrected chi connectivity index (χ3v) is 2.96. The Morgan fingerprint density at radius 1 is 1.47 bits per heavy atom. The number of halogens is 1. The second kappa shape index (κ2) is 6.37. The van der Waals surface area contributed by atoms with Crippen molar-refractivity contribution in [2.75, 3.05) is 13.6 Å². The Morgan fingerprint density at radius 2 is 2.11 bits per heavy atom. The van der Waals surface area contributed by atoms with Crippen molar-refractivity contribution in [2.24, 2.45) is 0 Å². The number of carboxylic acid groups (broad SMARTS) is 1. The Morgan fingerprint density at radius 3 is 2.58 bits per heavy atom. The summed E-state index contributed by atoms with van der Waals surface area (Å²) in [6, 6.07) is 2.05. The van der Waals surface area contributed by atoms with Gasteiger partial charge in [-0.15, -0.1) is 0 Å². The van der Waals surface area contributed by atoms with Gasteiger partial charge < -0.3 is 19.7 Å². The monoisotopic (exact) mass is 332 g/mol. The molecule has 1 heterocycles. The Bertz CT molecular complexity index is 499. The Kier molecular flexibility index (Phi) is 5.11. The smallest absolute Gasteiger partial charge is 0.326 e. The van der Waals surface area contributed by atoms with Gasteiger partial charge in [0.2, 0.25) is 5.91 Å². The second-order valence-electron chi connectivity index (χ2n) is 3.81. The Hall–Kier alpha value is -1.83. The molecule has 1 rings (SSSR count). The number of amides is 2. The number of hydrogen-bond donors (Lipinski definition) is 2. The third kappa shape index (κ3) is 4.09. The summed E-state index contributed by atoms with van der Waals surface area (Å²) < 4.78 is 5.41. The molecule has 8 heteroatoms. The average Bonchev–Trinajstić information content (AvgIpc) is 2.80. The predicted molar refractivity (Wildman–Crippen MR) is 68.6 cm³/mol. The quantitative estimate of drug-likeness (QED) is 0.826. The predicted octanol–water partition coefficient (Wildman–Crippen LogP) is 0.703. The van der Waals surface area contributed by atoms with Crippen LogP contribution in [0.2, 0.25) is 0 Å². The molecule has 1 aromatic heterocycles.